The first-order chi connectivity index (χ1) is 21.2. The van der Waals surface area contributed by atoms with Crippen LogP contribution in [0, 0.1) is 0 Å². The van der Waals surface area contributed by atoms with E-state index in [1.54, 1.807) is 42.1 Å². The molecule has 0 saturated carbocycles. The second-order valence-corrected chi connectivity index (χ2v) is 14.0. The Labute approximate surface area is 262 Å². The number of hydrogen-bond donors (Lipinski definition) is 0. The number of rotatable bonds is 6. The van der Waals surface area contributed by atoms with Gasteiger partial charge in [-0.3, -0.25) is 0 Å². The third kappa shape index (κ3) is 6.67. The van der Waals surface area contributed by atoms with Crippen molar-refractivity contribution in [3.8, 4) is 11.5 Å². The number of hydrogen-bond acceptors (Lipinski definition) is 5. The fourth-order valence-electron chi connectivity index (χ4n) is 5.13. The fraction of sp³-hybridized carbons (Fsp3) is 0.105. The topological polar surface area (TPSA) is 52.6 Å². The highest BCUT2D eigenvalue weighted by Crippen LogP contribution is 2.38. The van der Waals surface area contributed by atoms with Crippen molar-refractivity contribution in [3.05, 3.63) is 140 Å². The molecule has 0 heterocycles. The minimum Gasteiger partial charge on any atom is -0.488 e. The molecule has 0 fully saturated rings. The molecule has 44 heavy (non-hydrogen) atoms. The summed E-state index contributed by atoms with van der Waals surface area (Å²) in [6, 6.07) is 44.9. The predicted octanol–water partition coefficient (Wildman–Crippen LogP) is 10.4. The van der Waals surface area contributed by atoms with Gasteiger partial charge in [0.1, 0.15) is 22.0 Å². The minimum atomic E-state index is -4.03. The molecule has 0 aliphatic rings. The molecule has 0 atom stereocenters. The predicted molar refractivity (Wildman–Crippen MR) is 182 cm³/mol. The molecule has 0 aromatic heterocycles. The van der Waals surface area contributed by atoms with Gasteiger partial charge in [0.25, 0.3) is 0 Å². The highest BCUT2D eigenvalue weighted by atomic mass is 32.2. The van der Waals surface area contributed by atoms with E-state index >= 15 is 0 Å². The standard InChI is InChI=1S/C26H22O4S.C12H10S/c1-26(2,3)29-20-11-13-21(14-12-20)30-31(27,28)23-16-10-19-8-7-17-5-4-6-18-9-15-22(23)25(19)24(17)18;1-3-7-11(8-4-1)13-12-9-5-2-6-10-12/h4-16H,1-3H3;1-10H. The van der Waals surface area contributed by atoms with Crippen molar-refractivity contribution in [2.24, 2.45) is 0 Å². The zero-order valence-electron chi connectivity index (χ0n) is 24.7. The molecule has 0 unspecified atom stereocenters. The molecule has 7 rings (SSSR count). The molecule has 0 N–H and O–H groups in total. The van der Waals surface area contributed by atoms with Gasteiger partial charge in [-0.15, -0.1) is 0 Å². The Morgan fingerprint density at radius 2 is 1.02 bits per heavy atom. The largest absolute Gasteiger partial charge is 0.488 e. The summed E-state index contributed by atoms with van der Waals surface area (Å²) in [5.74, 6) is 0.895. The lowest BCUT2D eigenvalue weighted by Crippen LogP contribution is -2.22. The molecule has 7 aromatic carbocycles. The van der Waals surface area contributed by atoms with Crippen LogP contribution in [0.15, 0.2) is 154 Å². The van der Waals surface area contributed by atoms with Crippen LogP contribution in [0.4, 0.5) is 0 Å². The summed E-state index contributed by atoms with van der Waals surface area (Å²) in [5.41, 5.74) is -0.337. The first-order valence-corrected chi connectivity index (χ1v) is 16.6. The summed E-state index contributed by atoms with van der Waals surface area (Å²) >= 11 is 1.79. The normalized spacial score (nSPS) is 11.8. The lowest BCUT2D eigenvalue weighted by molar-refractivity contribution is 0.131. The maximum absolute atomic E-state index is 13.2. The van der Waals surface area contributed by atoms with Gasteiger partial charge in [0.15, 0.2) is 0 Å². The van der Waals surface area contributed by atoms with Crippen molar-refractivity contribution in [1.29, 1.82) is 0 Å². The fourth-order valence-corrected chi connectivity index (χ4v) is 7.12. The van der Waals surface area contributed by atoms with E-state index < -0.39 is 10.1 Å². The lowest BCUT2D eigenvalue weighted by Gasteiger charge is -2.21. The van der Waals surface area contributed by atoms with Crippen molar-refractivity contribution in [2.45, 2.75) is 41.1 Å². The second kappa shape index (κ2) is 12.2. The quantitative estimate of drug-likeness (QED) is 0.137. The molecular formula is C38H32O4S2. The van der Waals surface area contributed by atoms with Gasteiger partial charge in [0.05, 0.1) is 0 Å². The molecule has 0 saturated heterocycles. The zero-order valence-corrected chi connectivity index (χ0v) is 26.4. The minimum absolute atomic E-state index is 0.160. The van der Waals surface area contributed by atoms with Crippen LogP contribution in [-0.2, 0) is 10.1 Å². The molecule has 6 heteroatoms. The van der Waals surface area contributed by atoms with E-state index in [1.807, 2.05) is 75.4 Å². The van der Waals surface area contributed by atoms with Crippen LogP contribution in [0.5, 0.6) is 11.5 Å². The van der Waals surface area contributed by atoms with Gasteiger partial charge in [0.2, 0.25) is 0 Å². The summed E-state index contributed by atoms with van der Waals surface area (Å²) in [6.45, 7) is 5.86. The summed E-state index contributed by atoms with van der Waals surface area (Å²) in [6.07, 6.45) is 0. The maximum Gasteiger partial charge on any atom is 0.339 e. The Bertz CT molecular complexity index is 2070. The van der Waals surface area contributed by atoms with Crippen LogP contribution < -0.4 is 8.92 Å². The second-order valence-electron chi connectivity index (χ2n) is 11.4. The highest BCUT2D eigenvalue weighted by molar-refractivity contribution is 7.99. The average Bonchev–Trinajstić information content (AvgIpc) is 3.01. The van der Waals surface area contributed by atoms with E-state index in [2.05, 4.69) is 54.6 Å². The molecule has 7 aromatic rings. The lowest BCUT2D eigenvalue weighted by atomic mass is 9.94. The van der Waals surface area contributed by atoms with Gasteiger partial charge < -0.3 is 8.92 Å². The molecular weight excluding hydrogens is 585 g/mol. The average molecular weight is 617 g/mol. The van der Waals surface area contributed by atoms with Crippen molar-refractivity contribution < 1.29 is 17.3 Å². The summed E-state index contributed by atoms with van der Waals surface area (Å²) in [4.78, 5) is 2.73. The van der Waals surface area contributed by atoms with Gasteiger partial charge in [-0.25, -0.2) is 0 Å². The molecule has 4 nitrogen and oxygen atoms in total. The van der Waals surface area contributed by atoms with E-state index in [-0.39, 0.29) is 16.2 Å². The molecule has 0 aliphatic heterocycles. The summed E-state index contributed by atoms with van der Waals surface area (Å²) in [7, 11) is -4.03. The Morgan fingerprint density at radius 3 is 1.59 bits per heavy atom. The number of ether oxygens (including phenoxy) is 1. The molecule has 0 radical (unpaired) electrons. The first kappa shape index (κ1) is 29.5. The van der Waals surface area contributed by atoms with E-state index in [9.17, 15) is 8.42 Å². The summed E-state index contributed by atoms with van der Waals surface area (Å²) < 4.78 is 37.7. The highest BCUT2D eigenvalue weighted by Gasteiger charge is 2.22. The van der Waals surface area contributed by atoms with E-state index in [0.717, 1.165) is 26.9 Å². The number of benzene rings is 7. The van der Waals surface area contributed by atoms with E-state index in [4.69, 9.17) is 8.92 Å². The van der Waals surface area contributed by atoms with Gasteiger partial charge in [-0.05, 0) is 102 Å². The Kier molecular flexibility index (Phi) is 8.21. The Balaban J connectivity index is 0.000000220. The molecule has 220 valence electrons. The van der Waals surface area contributed by atoms with Gasteiger partial charge in [0, 0.05) is 15.2 Å². The Morgan fingerprint density at radius 1 is 0.523 bits per heavy atom. The summed E-state index contributed by atoms with van der Waals surface area (Å²) in [5, 5.41) is 5.84. The van der Waals surface area contributed by atoms with Gasteiger partial charge >= 0.3 is 10.1 Å². The van der Waals surface area contributed by atoms with E-state index in [1.165, 1.54) is 9.79 Å². The molecule has 0 aliphatic carbocycles. The van der Waals surface area contributed by atoms with Crippen LogP contribution in [0.3, 0.4) is 0 Å². The first-order valence-electron chi connectivity index (χ1n) is 14.3. The van der Waals surface area contributed by atoms with Gasteiger partial charge in [-0.1, -0.05) is 96.7 Å². The van der Waals surface area contributed by atoms with Crippen LogP contribution in [-0.4, -0.2) is 14.0 Å². The van der Waals surface area contributed by atoms with Crippen LogP contribution in [0.2, 0.25) is 0 Å². The van der Waals surface area contributed by atoms with Crippen molar-refractivity contribution in [2.75, 3.05) is 0 Å². The van der Waals surface area contributed by atoms with Crippen LogP contribution in [0.1, 0.15) is 20.8 Å². The molecule has 0 spiro atoms. The third-order valence-corrected chi connectivity index (χ3v) is 9.26. The monoisotopic (exact) mass is 616 g/mol. The molecule has 0 amide bonds. The Hall–Kier alpha value is -4.52. The van der Waals surface area contributed by atoms with Crippen molar-refractivity contribution in [3.63, 3.8) is 0 Å². The van der Waals surface area contributed by atoms with Crippen LogP contribution in [0.25, 0.3) is 32.3 Å². The zero-order chi connectivity index (χ0) is 30.7. The molecule has 0 bridgehead atoms. The smallest absolute Gasteiger partial charge is 0.339 e. The van der Waals surface area contributed by atoms with Gasteiger partial charge in [-0.2, -0.15) is 8.42 Å². The van der Waals surface area contributed by atoms with Crippen molar-refractivity contribution >= 4 is 54.2 Å². The van der Waals surface area contributed by atoms with E-state index in [0.29, 0.717) is 11.1 Å². The maximum atomic E-state index is 13.2. The third-order valence-electron chi connectivity index (χ3n) is 6.93. The SMILES string of the molecule is CC(C)(C)Oc1ccc(OS(=O)(=O)c2ccc3ccc4cccc5ccc2c3c45)cc1.c1ccc(Sc2ccccc2)cc1. The van der Waals surface area contributed by atoms with Crippen LogP contribution >= 0.6 is 11.8 Å². The van der Waals surface area contributed by atoms with Crippen molar-refractivity contribution in [1.82, 2.24) is 0 Å².